The van der Waals surface area contributed by atoms with Crippen LogP contribution in [0.1, 0.15) is 80.8 Å². The lowest BCUT2D eigenvalue weighted by atomic mass is 9.86. The molecule has 0 saturated carbocycles. The maximum Gasteiger partial charge on any atom is 0.410 e. The van der Waals surface area contributed by atoms with Gasteiger partial charge in [-0.2, -0.15) is 0 Å². The summed E-state index contributed by atoms with van der Waals surface area (Å²) in [5.74, 6) is 0. The average Bonchev–Trinajstić information content (AvgIpc) is 3.23. The number of hydrogen-bond acceptors (Lipinski definition) is 9. The van der Waals surface area contributed by atoms with Gasteiger partial charge in [0.2, 0.25) is 19.7 Å². The Hall–Kier alpha value is -3.78. The van der Waals surface area contributed by atoms with E-state index in [9.17, 15) is 21.6 Å². The summed E-state index contributed by atoms with van der Waals surface area (Å²) in [4.78, 5) is 20.6. The number of sulfone groups is 2. The van der Waals surface area contributed by atoms with Crippen molar-refractivity contribution in [2.45, 2.75) is 96.6 Å². The largest absolute Gasteiger partial charge is 0.444 e. The highest BCUT2D eigenvalue weighted by molar-refractivity contribution is 7.91. The second-order valence-corrected chi connectivity index (χ2v) is 20.4. The number of hydrogen-bond donors (Lipinski definition) is 1. The van der Waals surface area contributed by atoms with Crippen molar-refractivity contribution < 1.29 is 26.4 Å². The first kappa shape index (κ1) is 43.8. The zero-order valence-corrected chi connectivity index (χ0v) is 36.3. The Bertz CT molecular complexity index is 2240. The topological polar surface area (TPSA) is 116 Å². The summed E-state index contributed by atoms with van der Waals surface area (Å²) in [7, 11) is -6.96. The number of nitrogens with one attached hydrogen (secondary N) is 1. The highest BCUT2D eigenvalue weighted by Crippen LogP contribution is 2.38. The predicted molar refractivity (Wildman–Crippen MR) is 229 cm³/mol. The Morgan fingerprint density at radius 1 is 0.603 bits per heavy atom. The van der Waals surface area contributed by atoms with Crippen LogP contribution in [0.15, 0.2) is 117 Å². The minimum Gasteiger partial charge on any atom is -0.444 e. The van der Waals surface area contributed by atoms with E-state index >= 15 is 0 Å². The van der Waals surface area contributed by atoms with E-state index in [1.807, 2.05) is 51.1 Å². The third-order valence-corrected chi connectivity index (χ3v) is 15.1. The van der Waals surface area contributed by atoms with Crippen LogP contribution in [0.25, 0.3) is 0 Å². The van der Waals surface area contributed by atoms with Gasteiger partial charge in [-0.05, 0) is 130 Å². The van der Waals surface area contributed by atoms with Crippen molar-refractivity contribution >= 4 is 38.2 Å². The van der Waals surface area contributed by atoms with E-state index in [2.05, 4.69) is 21.2 Å². The molecule has 4 aromatic rings. The summed E-state index contributed by atoms with van der Waals surface area (Å²) in [5.41, 5.74) is 4.36. The van der Waals surface area contributed by atoms with Gasteiger partial charge in [-0.3, -0.25) is 9.80 Å². The van der Waals surface area contributed by atoms with Gasteiger partial charge in [-0.15, -0.1) is 12.4 Å². The van der Waals surface area contributed by atoms with Crippen LogP contribution in [0, 0.1) is 0 Å². The van der Waals surface area contributed by atoms with Crippen LogP contribution >= 0.6 is 12.4 Å². The van der Waals surface area contributed by atoms with E-state index in [4.69, 9.17) is 4.74 Å². The first-order chi connectivity index (χ1) is 27.3. The van der Waals surface area contributed by atoms with E-state index < -0.39 is 25.3 Å². The lowest BCUT2D eigenvalue weighted by molar-refractivity contribution is 0.00926. The molecular formula is C45H57ClN4O6S2. The molecule has 2 saturated heterocycles. The predicted octanol–water partition coefficient (Wildman–Crippen LogP) is 7.67. The second kappa shape index (κ2) is 18.6. The van der Waals surface area contributed by atoms with Gasteiger partial charge in [0, 0.05) is 64.4 Å². The molecule has 0 aromatic heterocycles. The molecule has 2 aliphatic carbocycles. The van der Waals surface area contributed by atoms with E-state index in [0.29, 0.717) is 38.7 Å². The maximum atomic E-state index is 13.0. The van der Waals surface area contributed by atoms with Crippen molar-refractivity contribution in [3.63, 3.8) is 0 Å². The number of benzene rings is 4. The lowest BCUT2D eigenvalue weighted by Gasteiger charge is -2.41. The van der Waals surface area contributed by atoms with Crippen molar-refractivity contribution in [3.8, 4) is 0 Å². The molecule has 0 bridgehead atoms. The second-order valence-electron chi connectivity index (χ2n) is 16.5. The molecule has 1 amide bonds. The van der Waals surface area contributed by atoms with Gasteiger partial charge in [0.05, 0.1) is 19.6 Å². The molecule has 0 spiro atoms. The summed E-state index contributed by atoms with van der Waals surface area (Å²) >= 11 is 0. The molecule has 312 valence electrons. The summed E-state index contributed by atoms with van der Waals surface area (Å²) in [6, 6.07) is 29.3. The number of aryl methyl sites for hydroxylation is 2. The van der Waals surface area contributed by atoms with Gasteiger partial charge >= 0.3 is 6.09 Å². The SMILES string of the molecule is CC(C)(C)OC(=O)N1CCN(C2CCCc3cc(S(=O)(=O)c4ccccc4)ccc32)CC1.Cl.O=S(=O)(c1ccccc1)c1ccc2c(c1)CCCC2N1CCNCC1. The van der Waals surface area contributed by atoms with Crippen LogP contribution in [0.3, 0.4) is 0 Å². The molecule has 4 aromatic carbocycles. The number of halogens is 1. The van der Waals surface area contributed by atoms with Crippen molar-refractivity contribution in [1.29, 1.82) is 0 Å². The van der Waals surface area contributed by atoms with E-state index in [0.717, 1.165) is 83.4 Å². The monoisotopic (exact) mass is 848 g/mol. The molecule has 2 atom stereocenters. The van der Waals surface area contributed by atoms with E-state index in [1.165, 1.54) is 16.7 Å². The normalized spacial score (nSPS) is 20.4. The number of rotatable bonds is 6. The smallest absolute Gasteiger partial charge is 0.410 e. The van der Waals surface area contributed by atoms with Crippen molar-refractivity contribution in [1.82, 2.24) is 20.0 Å². The minimum atomic E-state index is -3.52. The van der Waals surface area contributed by atoms with Gasteiger partial charge in [-0.1, -0.05) is 48.5 Å². The first-order valence-corrected chi connectivity index (χ1v) is 23.3. The fourth-order valence-electron chi connectivity index (χ4n) is 8.63. The number of amides is 1. The molecule has 2 heterocycles. The summed E-state index contributed by atoms with van der Waals surface area (Å²) < 4.78 is 57.4. The highest BCUT2D eigenvalue weighted by Gasteiger charge is 2.33. The van der Waals surface area contributed by atoms with E-state index in [-0.39, 0.29) is 24.5 Å². The molecule has 4 aliphatic rings. The lowest BCUT2D eigenvalue weighted by Crippen LogP contribution is -2.51. The van der Waals surface area contributed by atoms with Crippen molar-refractivity contribution in [2.24, 2.45) is 0 Å². The molecule has 1 N–H and O–H groups in total. The van der Waals surface area contributed by atoms with Crippen molar-refractivity contribution in [3.05, 3.63) is 119 Å². The Morgan fingerprint density at radius 3 is 1.47 bits per heavy atom. The fourth-order valence-corrected chi connectivity index (χ4v) is 11.3. The molecular weight excluding hydrogens is 792 g/mol. The molecule has 2 fully saturated rings. The van der Waals surface area contributed by atoms with Crippen molar-refractivity contribution in [2.75, 3.05) is 52.4 Å². The Morgan fingerprint density at radius 2 is 1.03 bits per heavy atom. The summed E-state index contributed by atoms with van der Waals surface area (Å²) in [6.07, 6.45) is 5.96. The zero-order valence-electron chi connectivity index (χ0n) is 33.8. The number of nitrogens with zero attached hydrogens (tertiary/aromatic N) is 3. The molecule has 2 aliphatic heterocycles. The number of piperazine rings is 2. The third-order valence-electron chi connectivity index (χ3n) is 11.5. The molecule has 0 radical (unpaired) electrons. The standard InChI is InChI=1S/C25H32N2O4S.C20H24N2O2S.ClH/c1-25(2,3)31-24(28)27-16-14-26(15-17-27)23-11-7-8-19-18-21(12-13-22(19)23)32(29,30)20-9-5-4-6-10-20;23-25(24,17-6-2-1-3-7-17)18-9-10-19-16(15-18)5-4-8-20(19)22-13-11-21-12-14-22;/h4-6,9-10,12-13,18,23H,7-8,11,14-17H2,1-3H3;1-3,6-7,9-10,15,20-21H,4-5,8,11-14H2;1H. The van der Waals surface area contributed by atoms with Gasteiger partial charge < -0.3 is 15.0 Å². The molecule has 8 rings (SSSR count). The average molecular weight is 850 g/mol. The molecule has 58 heavy (non-hydrogen) atoms. The number of ether oxygens (including phenoxy) is 1. The minimum absolute atomic E-state index is 0. The van der Waals surface area contributed by atoms with Gasteiger partial charge in [0.1, 0.15) is 5.60 Å². The van der Waals surface area contributed by atoms with Crippen LogP contribution in [0.5, 0.6) is 0 Å². The highest BCUT2D eigenvalue weighted by atomic mass is 35.5. The van der Waals surface area contributed by atoms with Gasteiger partial charge in [0.25, 0.3) is 0 Å². The Kier molecular flexibility index (Phi) is 14.1. The van der Waals surface area contributed by atoms with Crippen LogP contribution < -0.4 is 5.32 Å². The molecule has 13 heteroatoms. The van der Waals surface area contributed by atoms with Crippen LogP contribution in [0.2, 0.25) is 0 Å². The molecule has 2 unspecified atom stereocenters. The first-order valence-electron chi connectivity index (χ1n) is 20.3. The number of carbonyl (C=O) groups excluding carboxylic acids is 1. The Balaban J connectivity index is 0.000000198. The van der Waals surface area contributed by atoms with Crippen LogP contribution in [-0.4, -0.2) is 95.6 Å². The maximum absolute atomic E-state index is 13.0. The van der Waals surface area contributed by atoms with Gasteiger partial charge in [0.15, 0.2) is 0 Å². The summed E-state index contributed by atoms with van der Waals surface area (Å²) in [6.45, 7) is 12.7. The quantitative estimate of drug-likeness (QED) is 0.209. The van der Waals surface area contributed by atoms with E-state index in [1.54, 1.807) is 65.6 Å². The number of fused-ring (bicyclic) bond motifs is 2. The zero-order chi connectivity index (χ0) is 40.2. The Labute approximate surface area is 351 Å². The van der Waals surface area contributed by atoms with Crippen LogP contribution in [0.4, 0.5) is 4.79 Å². The number of carbonyl (C=O) groups is 1. The molecule has 10 nitrogen and oxygen atoms in total. The third kappa shape index (κ3) is 9.97. The summed E-state index contributed by atoms with van der Waals surface area (Å²) in [5, 5.41) is 3.40. The van der Waals surface area contributed by atoms with Crippen LogP contribution in [-0.2, 0) is 37.3 Å². The fraction of sp³-hybridized carbons (Fsp3) is 0.444. The van der Waals surface area contributed by atoms with Gasteiger partial charge in [-0.25, -0.2) is 21.6 Å².